The Morgan fingerprint density at radius 1 is 1.03 bits per heavy atom. The minimum atomic E-state index is -1.13. The van der Waals surface area contributed by atoms with E-state index in [1.54, 1.807) is 15.8 Å². The maximum absolute atomic E-state index is 13.5. The second-order valence-corrected chi connectivity index (χ2v) is 8.24. The Balaban J connectivity index is 1.46. The Hall–Kier alpha value is -4.27. The summed E-state index contributed by atoms with van der Waals surface area (Å²) >= 11 is 0. The number of carboxylic acid groups (broad SMARTS) is 1. The van der Waals surface area contributed by atoms with Gasteiger partial charge in [0.05, 0.1) is 23.5 Å². The molecule has 0 aliphatic carbocycles. The van der Waals surface area contributed by atoms with Gasteiger partial charge < -0.3 is 10.0 Å². The predicted molar refractivity (Wildman–Crippen MR) is 120 cm³/mol. The third-order valence-corrected chi connectivity index (χ3v) is 5.86. The van der Waals surface area contributed by atoms with Crippen LogP contribution in [0.15, 0.2) is 60.9 Å². The second-order valence-electron chi connectivity index (χ2n) is 8.24. The molecule has 1 amide bonds. The molecule has 33 heavy (non-hydrogen) atoms. The minimum Gasteiger partial charge on any atom is -0.476 e. The van der Waals surface area contributed by atoms with Crippen molar-refractivity contribution < 1.29 is 14.7 Å². The molecule has 9 heteroatoms. The van der Waals surface area contributed by atoms with E-state index in [0.717, 1.165) is 22.4 Å². The molecule has 2 aromatic carbocycles. The standard InChI is InChI=1S/C24H22N6O3/c1-15-8-9-19(16(2)10-15)22-20(13-29(26-22)17-6-4-3-5-7-17)23(31)28-11-18(12-28)30-14-21(24(32)33)25-27-30/h3-10,13-14,18H,11-12H2,1-2H3,(H,32,33). The van der Waals surface area contributed by atoms with E-state index in [1.807, 2.05) is 56.3 Å². The highest BCUT2D eigenvalue weighted by Crippen LogP contribution is 2.31. The first-order chi connectivity index (χ1) is 15.9. The first-order valence-electron chi connectivity index (χ1n) is 10.6. The zero-order valence-corrected chi connectivity index (χ0v) is 18.2. The predicted octanol–water partition coefficient (Wildman–Crippen LogP) is 3.14. The number of rotatable bonds is 5. The lowest BCUT2D eigenvalue weighted by Gasteiger charge is -2.38. The van der Waals surface area contributed by atoms with Crippen molar-refractivity contribution in [3.63, 3.8) is 0 Å². The lowest BCUT2D eigenvalue weighted by molar-refractivity contribution is 0.0498. The summed E-state index contributed by atoms with van der Waals surface area (Å²) in [6.07, 6.45) is 3.17. The number of likely N-dealkylation sites (tertiary alicyclic amines) is 1. The van der Waals surface area contributed by atoms with Crippen LogP contribution >= 0.6 is 0 Å². The molecule has 5 rings (SSSR count). The van der Waals surface area contributed by atoms with E-state index in [2.05, 4.69) is 16.4 Å². The molecular weight excluding hydrogens is 420 g/mol. The van der Waals surface area contributed by atoms with Crippen LogP contribution in [0.5, 0.6) is 0 Å². The summed E-state index contributed by atoms with van der Waals surface area (Å²) in [4.78, 5) is 26.2. The van der Waals surface area contributed by atoms with Crippen LogP contribution in [0.1, 0.15) is 38.0 Å². The smallest absolute Gasteiger partial charge is 0.358 e. The average molecular weight is 442 g/mol. The van der Waals surface area contributed by atoms with Crippen LogP contribution in [-0.2, 0) is 0 Å². The number of hydrogen-bond donors (Lipinski definition) is 1. The number of benzene rings is 2. The number of nitrogens with zero attached hydrogens (tertiary/aromatic N) is 6. The molecule has 2 aromatic heterocycles. The minimum absolute atomic E-state index is 0.108. The van der Waals surface area contributed by atoms with E-state index in [9.17, 15) is 9.59 Å². The van der Waals surface area contributed by atoms with E-state index < -0.39 is 5.97 Å². The van der Waals surface area contributed by atoms with Crippen molar-refractivity contribution >= 4 is 11.9 Å². The Morgan fingerprint density at radius 3 is 2.45 bits per heavy atom. The molecule has 0 spiro atoms. The van der Waals surface area contributed by atoms with E-state index in [0.29, 0.717) is 24.3 Å². The highest BCUT2D eigenvalue weighted by Gasteiger charge is 2.35. The maximum atomic E-state index is 13.5. The summed E-state index contributed by atoms with van der Waals surface area (Å²) in [6, 6.07) is 15.7. The molecule has 1 N–H and O–H groups in total. The topological polar surface area (TPSA) is 106 Å². The van der Waals surface area contributed by atoms with Crippen LogP contribution in [0.3, 0.4) is 0 Å². The molecule has 3 heterocycles. The van der Waals surface area contributed by atoms with Gasteiger partial charge >= 0.3 is 5.97 Å². The van der Waals surface area contributed by atoms with Gasteiger partial charge in [-0.05, 0) is 31.5 Å². The van der Waals surface area contributed by atoms with E-state index in [4.69, 9.17) is 10.2 Å². The number of carbonyl (C=O) groups is 2. The molecule has 4 aromatic rings. The normalized spacial score (nSPS) is 13.7. The fourth-order valence-electron chi connectivity index (χ4n) is 4.03. The largest absolute Gasteiger partial charge is 0.476 e. The van der Waals surface area contributed by atoms with Gasteiger partial charge in [-0.25, -0.2) is 14.2 Å². The Bertz CT molecular complexity index is 1350. The van der Waals surface area contributed by atoms with Crippen molar-refractivity contribution in [2.24, 2.45) is 0 Å². The molecular formula is C24H22N6O3. The SMILES string of the molecule is Cc1ccc(-c2nn(-c3ccccc3)cc2C(=O)N2CC(n3cc(C(=O)O)nn3)C2)c(C)c1. The number of amides is 1. The van der Waals surface area contributed by atoms with Crippen LogP contribution in [0.4, 0.5) is 0 Å². The number of hydrogen-bond acceptors (Lipinski definition) is 5. The molecule has 9 nitrogen and oxygen atoms in total. The third-order valence-electron chi connectivity index (χ3n) is 5.86. The molecule has 0 saturated carbocycles. The molecule has 0 atom stereocenters. The number of aryl methyl sites for hydroxylation is 2. The highest BCUT2D eigenvalue weighted by atomic mass is 16.4. The maximum Gasteiger partial charge on any atom is 0.358 e. The monoisotopic (exact) mass is 442 g/mol. The van der Waals surface area contributed by atoms with Gasteiger partial charge in [-0.1, -0.05) is 47.2 Å². The Labute approximate surface area is 189 Å². The van der Waals surface area contributed by atoms with E-state index >= 15 is 0 Å². The number of carbonyl (C=O) groups excluding carboxylic acids is 1. The van der Waals surface area contributed by atoms with Gasteiger partial charge in [-0.3, -0.25) is 4.79 Å². The zero-order valence-electron chi connectivity index (χ0n) is 18.2. The number of aromatic carboxylic acids is 1. The summed E-state index contributed by atoms with van der Waals surface area (Å²) in [5.74, 6) is -1.25. The number of carboxylic acids is 1. The van der Waals surface area contributed by atoms with Crippen molar-refractivity contribution in [2.45, 2.75) is 19.9 Å². The van der Waals surface area contributed by atoms with Crippen LogP contribution < -0.4 is 0 Å². The van der Waals surface area contributed by atoms with Crippen molar-refractivity contribution in [1.82, 2.24) is 29.7 Å². The van der Waals surface area contributed by atoms with Gasteiger partial charge in [-0.15, -0.1) is 5.10 Å². The first kappa shape index (κ1) is 20.6. The summed E-state index contributed by atoms with van der Waals surface area (Å²) < 4.78 is 3.24. The Morgan fingerprint density at radius 2 is 1.79 bits per heavy atom. The van der Waals surface area contributed by atoms with Crippen LogP contribution in [0.25, 0.3) is 16.9 Å². The van der Waals surface area contributed by atoms with E-state index in [-0.39, 0.29) is 17.6 Å². The lowest BCUT2D eigenvalue weighted by atomic mass is 9.99. The third kappa shape index (κ3) is 3.78. The average Bonchev–Trinajstić information content (AvgIpc) is 3.41. The number of aromatic nitrogens is 5. The quantitative estimate of drug-likeness (QED) is 0.509. The highest BCUT2D eigenvalue weighted by molar-refractivity contribution is 6.00. The summed E-state index contributed by atoms with van der Waals surface area (Å²) in [5, 5.41) is 21.4. The first-order valence-corrected chi connectivity index (χ1v) is 10.6. The van der Waals surface area contributed by atoms with Crippen molar-refractivity contribution in [2.75, 3.05) is 13.1 Å². The van der Waals surface area contributed by atoms with Gasteiger partial charge in [0, 0.05) is 24.8 Å². The Kier molecular flexibility index (Phi) is 5.01. The number of para-hydroxylation sites is 1. The second kappa shape index (κ2) is 8.01. The summed E-state index contributed by atoms with van der Waals surface area (Å²) in [5.41, 5.74) is 5.03. The fourth-order valence-corrected chi connectivity index (χ4v) is 4.03. The van der Waals surface area contributed by atoms with Gasteiger partial charge in [-0.2, -0.15) is 5.10 Å². The van der Waals surface area contributed by atoms with Gasteiger partial charge in [0.2, 0.25) is 0 Å². The van der Waals surface area contributed by atoms with Crippen molar-refractivity contribution in [3.05, 3.63) is 83.3 Å². The molecule has 0 unspecified atom stereocenters. The van der Waals surface area contributed by atoms with Gasteiger partial charge in [0.1, 0.15) is 5.69 Å². The molecule has 1 aliphatic heterocycles. The lowest BCUT2D eigenvalue weighted by Crippen LogP contribution is -2.51. The van der Waals surface area contributed by atoms with Crippen LogP contribution in [0, 0.1) is 13.8 Å². The molecule has 0 radical (unpaired) electrons. The van der Waals surface area contributed by atoms with Gasteiger partial charge in [0.15, 0.2) is 5.69 Å². The van der Waals surface area contributed by atoms with Gasteiger partial charge in [0.25, 0.3) is 5.91 Å². The summed E-state index contributed by atoms with van der Waals surface area (Å²) in [7, 11) is 0. The van der Waals surface area contributed by atoms with E-state index in [1.165, 1.54) is 10.9 Å². The molecule has 0 bridgehead atoms. The van der Waals surface area contributed by atoms with Crippen LogP contribution in [0.2, 0.25) is 0 Å². The van der Waals surface area contributed by atoms with Crippen LogP contribution in [-0.4, -0.2) is 59.7 Å². The summed E-state index contributed by atoms with van der Waals surface area (Å²) in [6.45, 7) is 4.89. The molecule has 1 fully saturated rings. The van der Waals surface area contributed by atoms with Crippen molar-refractivity contribution in [3.8, 4) is 16.9 Å². The fraction of sp³-hybridized carbons (Fsp3) is 0.208. The zero-order chi connectivity index (χ0) is 23.1. The molecule has 1 aliphatic rings. The molecule has 1 saturated heterocycles. The molecule has 166 valence electrons. The van der Waals surface area contributed by atoms with Crippen molar-refractivity contribution in [1.29, 1.82) is 0 Å².